The summed E-state index contributed by atoms with van der Waals surface area (Å²) in [7, 11) is 2.77. The molecule has 0 spiro atoms. The molecule has 5 amide bonds. The lowest BCUT2D eigenvalue weighted by Crippen LogP contribution is -2.59. The summed E-state index contributed by atoms with van der Waals surface area (Å²) in [6.07, 6.45) is 2.51. The Bertz CT molecular complexity index is 1580. The highest BCUT2D eigenvalue weighted by molar-refractivity contribution is 5.97. The quantitative estimate of drug-likeness (QED) is 0.109. The number of rotatable bonds is 19. The van der Waals surface area contributed by atoms with Gasteiger partial charge in [0.2, 0.25) is 29.5 Å². The number of nitrogens with one attached hydrogen (secondary N) is 4. The molecule has 14 nitrogen and oxygen atoms in total. The van der Waals surface area contributed by atoms with Gasteiger partial charge >= 0.3 is 5.97 Å². The van der Waals surface area contributed by atoms with E-state index in [1.807, 2.05) is 31.2 Å². The van der Waals surface area contributed by atoms with E-state index in [1.54, 1.807) is 36.5 Å². The second kappa shape index (κ2) is 18.2. The third kappa shape index (κ3) is 10.7. The molecule has 0 unspecified atom stereocenters. The lowest BCUT2D eigenvalue weighted by atomic mass is 10.0. The van der Waals surface area contributed by atoms with Gasteiger partial charge in [-0.2, -0.15) is 0 Å². The van der Waals surface area contributed by atoms with Crippen molar-refractivity contribution < 1.29 is 38.6 Å². The predicted molar refractivity (Wildman–Crippen MR) is 177 cm³/mol. The molecular weight excluding hydrogens is 620 g/mol. The Labute approximate surface area is 278 Å². The summed E-state index contributed by atoms with van der Waals surface area (Å²) in [5, 5.41) is 18.1. The van der Waals surface area contributed by atoms with Crippen LogP contribution in [0.1, 0.15) is 43.7 Å². The summed E-state index contributed by atoms with van der Waals surface area (Å²) in [6, 6.07) is 11.3. The minimum absolute atomic E-state index is 0.0542. The first-order chi connectivity index (χ1) is 22.9. The van der Waals surface area contributed by atoms with E-state index in [0.29, 0.717) is 18.4 Å². The molecule has 0 fully saturated rings. The Morgan fingerprint density at radius 2 is 1.56 bits per heavy atom. The number of amides is 5. The first kappa shape index (κ1) is 37.2. The van der Waals surface area contributed by atoms with Crippen molar-refractivity contribution in [2.45, 2.75) is 69.6 Å². The van der Waals surface area contributed by atoms with Gasteiger partial charge < -0.3 is 41.4 Å². The monoisotopic (exact) mass is 664 g/mol. The molecule has 3 rings (SSSR count). The summed E-state index contributed by atoms with van der Waals surface area (Å²) >= 11 is 0. The predicted octanol–water partition coefficient (Wildman–Crippen LogP) is 1.03. The summed E-state index contributed by atoms with van der Waals surface area (Å²) < 4.78 is 4.94. The average molecular weight is 665 g/mol. The number of methoxy groups -OCH3 is 1. The second-order valence-electron chi connectivity index (χ2n) is 11.5. The molecule has 1 aromatic heterocycles. The SMILES string of the molecule is CCCC[C@@H](C(=O)N[C@@H](CC(=O)O)C(=O)N[C@@H](Cc1ccccc1)C(N)=O)N(C)C(=O)[C@H](Cc1c[nH]c2ccccc12)NC(=O)COC. The van der Waals surface area contributed by atoms with Crippen molar-refractivity contribution in [1.29, 1.82) is 0 Å². The van der Waals surface area contributed by atoms with Gasteiger partial charge in [-0.1, -0.05) is 68.3 Å². The molecule has 0 aliphatic heterocycles. The van der Waals surface area contributed by atoms with Crippen molar-refractivity contribution in [3.05, 3.63) is 71.9 Å². The van der Waals surface area contributed by atoms with E-state index in [0.717, 1.165) is 16.5 Å². The number of carboxylic acids is 1. The Hall–Kier alpha value is -5.24. The normalized spacial score (nSPS) is 13.5. The number of H-pyrrole nitrogens is 1. The van der Waals surface area contributed by atoms with E-state index in [2.05, 4.69) is 20.9 Å². The number of carbonyl (C=O) groups is 6. The van der Waals surface area contributed by atoms with Crippen molar-refractivity contribution in [3.63, 3.8) is 0 Å². The fourth-order valence-electron chi connectivity index (χ4n) is 5.38. The van der Waals surface area contributed by atoms with Crippen LogP contribution >= 0.6 is 0 Å². The first-order valence-electron chi connectivity index (χ1n) is 15.7. The second-order valence-corrected chi connectivity index (χ2v) is 11.5. The number of nitrogens with two attached hydrogens (primary N) is 1. The maximum Gasteiger partial charge on any atom is 0.305 e. The topological polar surface area (TPSA) is 213 Å². The molecule has 2 aromatic carbocycles. The summed E-state index contributed by atoms with van der Waals surface area (Å²) in [5.41, 5.74) is 7.85. The standard InChI is InChI=1S/C34H44N6O8/c1-4-5-15-28(33(46)39-26(18-30(42)43)32(45)38-25(31(35)44)16-21-11-7-6-8-12-21)40(2)34(47)27(37-29(41)20-48-3)17-22-19-36-24-14-10-9-13-23(22)24/h6-14,19,25-28,36H,4-5,15-18,20H2,1-3H3,(H2,35,44)(H,37,41)(H,38,45)(H,39,46)(H,42,43)/t25-,26-,27-,28-/m0/s1. The van der Waals surface area contributed by atoms with Gasteiger partial charge in [-0.05, 0) is 23.6 Å². The van der Waals surface area contributed by atoms with Gasteiger partial charge in [0.1, 0.15) is 30.8 Å². The average Bonchev–Trinajstić information content (AvgIpc) is 3.46. The van der Waals surface area contributed by atoms with E-state index in [4.69, 9.17) is 10.5 Å². The summed E-state index contributed by atoms with van der Waals surface area (Å²) in [4.78, 5) is 81.9. The van der Waals surface area contributed by atoms with Gasteiger partial charge in [-0.25, -0.2) is 0 Å². The van der Waals surface area contributed by atoms with Crippen LogP contribution in [0.2, 0.25) is 0 Å². The number of benzene rings is 2. The number of aromatic amines is 1. The first-order valence-corrected chi connectivity index (χ1v) is 15.7. The fourth-order valence-corrected chi connectivity index (χ4v) is 5.38. The summed E-state index contributed by atoms with van der Waals surface area (Å²) in [6.45, 7) is 1.61. The van der Waals surface area contributed by atoms with Crippen molar-refractivity contribution >= 4 is 46.4 Å². The lowest BCUT2D eigenvalue weighted by Gasteiger charge is -2.32. The van der Waals surface area contributed by atoms with Crippen molar-refractivity contribution in [2.24, 2.45) is 5.73 Å². The maximum atomic E-state index is 14.0. The molecule has 0 saturated carbocycles. The number of nitrogens with zero attached hydrogens (tertiary/aromatic N) is 1. The van der Waals surface area contributed by atoms with Crippen LogP contribution in [0.15, 0.2) is 60.8 Å². The number of fused-ring (bicyclic) bond motifs is 1. The largest absolute Gasteiger partial charge is 0.481 e. The smallest absolute Gasteiger partial charge is 0.305 e. The van der Waals surface area contributed by atoms with Crippen LogP contribution in [0.25, 0.3) is 10.9 Å². The summed E-state index contributed by atoms with van der Waals surface area (Å²) in [5.74, 6) is -5.00. The van der Waals surface area contributed by atoms with E-state index in [1.165, 1.54) is 19.1 Å². The van der Waals surface area contributed by atoms with Crippen LogP contribution < -0.4 is 21.7 Å². The van der Waals surface area contributed by atoms with Gasteiger partial charge in [-0.3, -0.25) is 28.8 Å². The van der Waals surface area contributed by atoms with Crippen LogP contribution in [-0.4, -0.2) is 95.4 Å². The van der Waals surface area contributed by atoms with Gasteiger partial charge in [0.15, 0.2) is 0 Å². The number of para-hydroxylation sites is 1. The molecule has 0 radical (unpaired) electrons. The van der Waals surface area contributed by atoms with E-state index < -0.39 is 66.1 Å². The highest BCUT2D eigenvalue weighted by Crippen LogP contribution is 2.20. The van der Waals surface area contributed by atoms with Crippen LogP contribution in [-0.2, 0) is 46.3 Å². The highest BCUT2D eigenvalue weighted by Gasteiger charge is 2.35. The number of primary amides is 1. The minimum atomic E-state index is -1.58. The van der Waals surface area contributed by atoms with E-state index in [-0.39, 0.29) is 25.9 Å². The van der Waals surface area contributed by atoms with Crippen molar-refractivity contribution in [1.82, 2.24) is 25.8 Å². The van der Waals surface area contributed by atoms with Crippen LogP contribution in [0.3, 0.4) is 0 Å². The van der Waals surface area contributed by atoms with Gasteiger partial charge in [-0.15, -0.1) is 0 Å². The molecule has 0 saturated heterocycles. The third-order valence-corrected chi connectivity index (χ3v) is 7.91. The van der Waals surface area contributed by atoms with E-state index in [9.17, 15) is 33.9 Å². The molecular formula is C34H44N6O8. The number of aromatic nitrogens is 1. The molecule has 14 heteroatoms. The zero-order valence-electron chi connectivity index (χ0n) is 27.4. The van der Waals surface area contributed by atoms with Crippen molar-refractivity contribution in [2.75, 3.05) is 20.8 Å². The number of likely N-dealkylation sites (N-methyl/N-ethyl adjacent to an activating group) is 1. The highest BCUT2D eigenvalue weighted by atomic mass is 16.5. The Balaban J connectivity index is 1.84. The Kier molecular flexibility index (Phi) is 14.1. The Morgan fingerprint density at radius 1 is 0.896 bits per heavy atom. The Morgan fingerprint density at radius 3 is 2.21 bits per heavy atom. The van der Waals surface area contributed by atoms with Crippen LogP contribution in [0.5, 0.6) is 0 Å². The zero-order valence-corrected chi connectivity index (χ0v) is 27.4. The molecule has 4 atom stereocenters. The van der Waals surface area contributed by atoms with Crippen molar-refractivity contribution in [3.8, 4) is 0 Å². The number of carbonyl (C=O) groups excluding carboxylic acids is 5. The van der Waals surface area contributed by atoms with Gasteiger partial charge in [0.25, 0.3) is 0 Å². The number of ether oxygens (including phenoxy) is 1. The molecule has 3 aromatic rings. The molecule has 48 heavy (non-hydrogen) atoms. The zero-order chi connectivity index (χ0) is 35.2. The molecule has 0 bridgehead atoms. The molecule has 0 aliphatic carbocycles. The molecule has 0 aliphatic rings. The number of aliphatic carboxylic acids is 1. The van der Waals surface area contributed by atoms with Crippen LogP contribution in [0.4, 0.5) is 0 Å². The molecule has 258 valence electrons. The number of carboxylic acid groups (broad SMARTS) is 1. The van der Waals surface area contributed by atoms with E-state index >= 15 is 0 Å². The number of hydrogen-bond acceptors (Lipinski definition) is 7. The minimum Gasteiger partial charge on any atom is -0.481 e. The third-order valence-electron chi connectivity index (χ3n) is 7.91. The maximum absolute atomic E-state index is 14.0. The molecule has 7 N–H and O–H groups in total. The lowest BCUT2D eigenvalue weighted by molar-refractivity contribution is -0.144. The van der Waals surface area contributed by atoms with Crippen LogP contribution in [0, 0.1) is 0 Å². The van der Waals surface area contributed by atoms with Gasteiger partial charge in [0, 0.05) is 44.1 Å². The fraction of sp³-hybridized carbons (Fsp3) is 0.412. The number of hydrogen-bond donors (Lipinski definition) is 6. The van der Waals surface area contributed by atoms with Gasteiger partial charge in [0.05, 0.1) is 6.42 Å². The molecule has 1 heterocycles. The number of unbranched alkanes of at least 4 members (excludes halogenated alkanes) is 1.